The van der Waals surface area contributed by atoms with E-state index in [1.165, 1.54) is 10.8 Å². The topological polar surface area (TPSA) is 78.2 Å². The molecule has 6 nitrogen and oxygen atoms in total. The van der Waals surface area contributed by atoms with Crippen LogP contribution >= 0.6 is 0 Å². The van der Waals surface area contributed by atoms with Crippen LogP contribution < -0.4 is 11.3 Å². The average molecular weight is 221 g/mol. The highest BCUT2D eigenvalue weighted by Crippen LogP contribution is 2.13. The molecule has 0 saturated carbocycles. The number of nitrogens with two attached hydrogens (primary N) is 1. The molecule has 2 aromatic heterocycles. The molecule has 0 atom stereocenters. The monoisotopic (exact) mass is 221 g/mol. The van der Waals surface area contributed by atoms with Crippen molar-refractivity contribution < 1.29 is 0 Å². The molecule has 2 rings (SSSR count). The summed E-state index contributed by atoms with van der Waals surface area (Å²) in [6.07, 6.45) is 1.49. The van der Waals surface area contributed by atoms with E-state index in [9.17, 15) is 4.79 Å². The van der Waals surface area contributed by atoms with Crippen molar-refractivity contribution in [3.63, 3.8) is 0 Å². The number of fused-ring (bicyclic) bond motifs is 1. The Morgan fingerprint density at radius 1 is 1.38 bits per heavy atom. The van der Waals surface area contributed by atoms with E-state index in [-0.39, 0.29) is 17.0 Å². The molecule has 0 aliphatic rings. The largest absolute Gasteiger partial charge is 0.368 e. The van der Waals surface area contributed by atoms with Crippen LogP contribution in [0.4, 0.5) is 5.95 Å². The molecule has 0 saturated heterocycles. The zero-order chi connectivity index (χ0) is 12.1. The summed E-state index contributed by atoms with van der Waals surface area (Å²) in [4.78, 5) is 16.3. The Kier molecular flexibility index (Phi) is 2.04. The van der Waals surface area contributed by atoms with Gasteiger partial charge in [-0.3, -0.25) is 9.36 Å². The standard InChI is InChI=1S/C10H15N5O/c1-6-7-8(16)14(10(2,3)4)5-12-15(7)9(11)13-6/h5H,1-4H3,(H2,11,13). The number of imidazole rings is 1. The van der Waals surface area contributed by atoms with E-state index >= 15 is 0 Å². The molecule has 0 fully saturated rings. The van der Waals surface area contributed by atoms with Crippen molar-refractivity contribution in [3.8, 4) is 0 Å². The number of hydrogen-bond acceptors (Lipinski definition) is 4. The highest BCUT2D eigenvalue weighted by atomic mass is 16.1. The molecule has 6 heteroatoms. The smallest absolute Gasteiger partial charge is 0.280 e. The Morgan fingerprint density at radius 3 is 2.56 bits per heavy atom. The van der Waals surface area contributed by atoms with E-state index in [0.717, 1.165) is 0 Å². The van der Waals surface area contributed by atoms with Gasteiger partial charge in [-0.15, -0.1) is 0 Å². The molecule has 0 radical (unpaired) electrons. The average Bonchev–Trinajstić information content (AvgIpc) is 2.41. The molecular weight excluding hydrogens is 206 g/mol. The van der Waals surface area contributed by atoms with Crippen molar-refractivity contribution in [3.05, 3.63) is 22.4 Å². The van der Waals surface area contributed by atoms with Gasteiger partial charge in [-0.25, -0.2) is 4.98 Å². The highest BCUT2D eigenvalue weighted by molar-refractivity contribution is 5.53. The Hall–Kier alpha value is -1.85. The SMILES string of the molecule is Cc1nc(N)n2ncn(C(C)(C)C)c(=O)c12. The number of hydrogen-bond donors (Lipinski definition) is 1. The van der Waals surface area contributed by atoms with Crippen LogP contribution in [0.1, 0.15) is 26.5 Å². The van der Waals surface area contributed by atoms with Crippen LogP contribution in [0.2, 0.25) is 0 Å². The third kappa shape index (κ3) is 1.37. The molecule has 2 N–H and O–H groups in total. The summed E-state index contributed by atoms with van der Waals surface area (Å²) in [5.74, 6) is 0.241. The van der Waals surface area contributed by atoms with Crippen LogP contribution in [-0.4, -0.2) is 19.2 Å². The second kappa shape index (κ2) is 3.07. The zero-order valence-corrected chi connectivity index (χ0v) is 9.85. The summed E-state index contributed by atoms with van der Waals surface area (Å²) in [7, 11) is 0. The van der Waals surface area contributed by atoms with Crippen molar-refractivity contribution >= 4 is 11.5 Å². The first-order valence-electron chi connectivity index (χ1n) is 5.05. The molecule has 0 amide bonds. The van der Waals surface area contributed by atoms with Crippen molar-refractivity contribution in [1.82, 2.24) is 19.2 Å². The number of aromatic nitrogens is 4. The maximum absolute atomic E-state index is 12.2. The van der Waals surface area contributed by atoms with Crippen molar-refractivity contribution in [2.24, 2.45) is 0 Å². The molecule has 0 bridgehead atoms. The Bertz CT molecular complexity index is 602. The molecule has 86 valence electrons. The van der Waals surface area contributed by atoms with Gasteiger partial charge >= 0.3 is 0 Å². The summed E-state index contributed by atoms with van der Waals surface area (Å²) in [5, 5.41) is 4.12. The Balaban J connectivity index is 2.90. The quantitative estimate of drug-likeness (QED) is 0.704. The third-order valence-electron chi connectivity index (χ3n) is 2.48. The number of nitrogens with zero attached hydrogens (tertiary/aromatic N) is 4. The number of aryl methyl sites for hydroxylation is 1. The van der Waals surface area contributed by atoms with Crippen LogP contribution in [0.5, 0.6) is 0 Å². The van der Waals surface area contributed by atoms with Crippen LogP contribution in [0.15, 0.2) is 11.1 Å². The first-order chi connectivity index (χ1) is 7.32. The summed E-state index contributed by atoms with van der Waals surface area (Å²) >= 11 is 0. The van der Waals surface area contributed by atoms with E-state index in [0.29, 0.717) is 11.2 Å². The Morgan fingerprint density at radius 2 is 2.00 bits per heavy atom. The molecule has 0 aliphatic carbocycles. The van der Waals surface area contributed by atoms with Crippen molar-refractivity contribution in [2.75, 3.05) is 5.73 Å². The first kappa shape index (κ1) is 10.7. The number of nitrogen functional groups attached to an aromatic ring is 1. The summed E-state index contributed by atoms with van der Waals surface area (Å²) in [6, 6.07) is 0. The van der Waals surface area contributed by atoms with Gasteiger partial charge in [0, 0.05) is 5.54 Å². The normalized spacial score (nSPS) is 12.2. The fourth-order valence-corrected chi connectivity index (χ4v) is 1.65. The molecule has 2 aromatic rings. The van der Waals surface area contributed by atoms with Crippen LogP contribution in [-0.2, 0) is 5.54 Å². The van der Waals surface area contributed by atoms with Crippen molar-refractivity contribution in [2.45, 2.75) is 33.2 Å². The lowest BCUT2D eigenvalue weighted by Crippen LogP contribution is -2.35. The zero-order valence-electron chi connectivity index (χ0n) is 9.85. The minimum absolute atomic E-state index is 0.121. The van der Waals surface area contributed by atoms with Gasteiger partial charge in [0.15, 0.2) is 5.52 Å². The summed E-state index contributed by atoms with van der Waals surface area (Å²) in [6.45, 7) is 7.59. The van der Waals surface area contributed by atoms with Crippen LogP contribution in [0, 0.1) is 6.92 Å². The molecule has 16 heavy (non-hydrogen) atoms. The van der Waals surface area contributed by atoms with Gasteiger partial charge in [-0.2, -0.15) is 9.61 Å². The third-order valence-corrected chi connectivity index (χ3v) is 2.48. The summed E-state index contributed by atoms with van der Waals surface area (Å²) < 4.78 is 2.95. The number of anilines is 1. The predicted molar refractivity (Wildman–Crippen MR) is 61.4 cm³/mol. The lowest BCUT2D eigenvalue weighted by atomic mass is 10.1. The van der Waals surface area contributed by atoms with E-state index in [2.05, 4.69) is 10.1 Å². The first-order valence-corrected chi connectivity index (χ1v) is 5.05. The molecule has 0 aliphatic heterocycles. The second-order valence-electron chi connectivity index (χ2n) is 4.79. The number of rotatable bonds is 0. The van der Waals surface area contributed by atoms with E-state index in [4.69, 9.17) is 5.73 Å². The van der Waals surface area contributed by atoms with E-state index in [1.54, 1.807) is 11.5 Å². The maximum Gasteiger partial charge on any atom is 0.280 e. The Labute approximate surface area is 92.7 Å². The van der Waals surface area contributed by atoms with Crippen molar-refractivity contribution in [1.29, 1.82) is 0 Å². The lowest BCUT2D eigenvalue weighted by molar-refractivity contribution is 0.376. The molecule has 0 unspecified atom stereocenters. The highest BCUT2D eigenvalue weighted by Gasteiger charge is 2.19. The van der Waals surface area contributed by atoms with Gasteiger partial charge in [0.1, 0.15) is 6.33 Å². The minimum Gasteiger partial charge on any atom is -0.368 e. The molecule has 0 spiro atoms. The maximum atomic E-state index is 12.2. The van der Waals surface area contributed by atoms with Gasteiger partial charge in [-0.05, 0) is 27.7 Å². The molecular formula is C10H15N5O. The molecule has 2 heterocycles. The lowest BCUT2D eigenvalue weighted by Gasteiger charge is -2.21. The van der Waals surface area contributed by atoms with Gasteiger partial charge in [0.05, 0.1) is 5.69 Å². The van der Waals surface area contributed by atoms with Gasteiger partial charge in [0.25, 0.3) is 5.56 Å². The fourth-order valence-electron chi connectivity index (χ4n) is 1.65. The van der Waals surface area contributed by atoms with Gasteiger partial charge in [-0.1, -0.05) is 0 Å². The molecule has 0 aromatic carbocycles. The predicted octanol–water partition coefficient (Wildman–Crippen LogP) is 0.537. The van der Waals surface area contributed by atoms with E-state index < -0.39 is 0 Å². The fraction of sp³-hybridized carbons (Fsp3) is 0.500. The van der Waals surface area contributed by atoms with Gasteiger partial charge < -0.3 is 5.73 Å². The van der Waals surface area contributed by atoms with Gasteiger partial charge in [0.2, 0.25) is 5.95 Å². The van der Waals surface area contributed by atoms with Crippen LogP contribution in [0.25, 0.3) is 5.52 Å². The minimum atomic E-state index is -0.308. The second-order valence-corrected chi connectivity index (χ2v) is 4.79. The summed E-state index contributed by atoms with van der Waals surface area (Å²) in [5.41, 5.74) is 6.26. The van der Waals surface area contributed by atoms with Crippen LogP contribution in [0.3, 0.4) is 0 Å². The van der Waals surface area contributed by atoms with E-state index in [1.807, 2.05) is 20.8 Å².